The number of anilines is 1. The molecule has 2 N–H and O–H groups in total. The van der Waals surface area contributed by atoms with Crippen molar-refractivity contribution in [2.24, 2.45) is 11.1 Å². The van der Waals surface area contributed by atoms with Crippen LogP contribution in [-0.4, -0.2) is 43.1 Å². The second kappa shape index (κ2) is 5.15. The highest BCUT2D eigenvalue weighted by Gasteiger charge is 2.33. The number of nitrogens with two attached hydrogens (primary N) is 1. The van der Waals surface area contributed by atoms with Crippen molar-refractivity contribution in [1.29, 1.82) is 0 Å². The highest BCUT2D eigenvalue weighted by atomic mass is 32.1. The van der Waals surface area contributed by atoms with Crippen molar-refractivity contribution in [1.82, 2.24) is 9.88 Å². The van der Waals surface area contributed by atoms with Crippen molar-refractivity contribution in [3.63, 3.8) is 0 Å². The zero-order valence-electron chi connectivity index (χ0n) is 11.8. The van der Waals surface area contributed by atoms with E-state index in [1.54, 1.807) is 11.3 Å². The number of thiazole rings is 1. The molecule has 5 heteroatoms. The Morgan fingerprint density at radius 3 is 2.83 bits per heavy atom. The summed E-state index contributed by atoms with van der Waals surface area (Å²) in [4.78, 5) is 10.3. The summed E-state index contributed by atoms with van der Waals surface area (Å²) in [6.07, 6.45) is 3.09. The molecule has 1 fully saturated rings. The normalized spacial score (nSPS) is 24.2. The van der Waals surface area contributed by atoms with Gasteiger partial charge in [-0.1, -0.05) is 13.8 Å². The van der Waals surface area contributed by atoms with E-state index in [2.05, 4.69) is 28.6 Å². The van der Waals surface area contributed by atoms with Gasteiger partial charge in [-0.15, -0.1) is 11.3 Å². The Morgan fingerprint density at radius 1 is 1.56 bits per heavy atom. The lowest BCUT2D eigenvalue weighted by Crippen LogP contribution is -2.51. The Hall–Kier alpha value is -0.650. The predicted octanol–water partition coefficient (Wildman–Crippen LogP) is 1.77. The molecule has 1 unspecified atom stereocenters. The van der Waals surface area contributed by atoms with E-state index < -0.39 is 0 Å². The molecule has 1 saturated heterocycles. The number of aromatic nitrogens is 1. The van der Waals surface area contributed by atoms with Crippen molar-refractivity contribution < 1.29 is 0 Å². The van der Waals surface area contributed by atoms with Crippen LogP contribution in [0.5, 0.6) is 0 Å². The first-order valence-electron chi connectivity index (χ1n) is 6.48. The van der Waals surface area contributed by atoms with Crippen LogP contribution in [0.25, 0.3) is 0 Å². The third-order valence-electron chi connectivity index (χ3n) is 3.69. The molecule has 1 aliphatic heterocycles. The van der Waals surface area contributed by atoms with Crippen LogP contribution >= 0.6 is 11.3 Å². The Kier molecular flexibility index (Phi) is 3.94. The van der Waals surface area contributed by atoms with Crippen LogP contribution in [-0.2, 0) is 6.54 Å². The molecule has 1 aromatic rings. The van der Waals surface area contributed by atoms with Gasteiger partial charge in [0.2, 0.25) is 0 Å². The van der Waals surface area contributed by atoms with Gasteiger partial charge in [0.25, 0.3) is 0 Å². The zero-order valence-corrected chi connectivity index (χ0v) is 12.6. The lowest BCUT2D eigenvalue weighted by atomic mass is 9.80. The maximum absolute atomic E-state index is 6.17. The molecule has 0 spiro atoms. The van der Waals surface area contributed by atoms with E-state index >= 15 is 0 Å². The summed E-state index contributed by atoms with van der Waals surface area (Å²) in [5.74, 6) is 0. The number of likely N-dealkylation sites (tertiary alicyclic amines) is 1. The van der Waals surface area contributed by atoms with Crippen molar-refractivity contribution in [2.75, 3.05) is 32.1 Å². The standard InChI is InChI=1S/C13H24N4S/c1-13(2)9-17(6-5-11(13)14)8-10-7-15-12(18-10)16(3)4/h7,11H,5-6,8-9,14H2,1-4H3. The van der Waals surface area contributed by atoms with Crippen molar-refractivity contribution in [3.05, 3.63) is 11.1 Å². The Morgan fingerprint density at radius 2 is 2.28 bits per heavy atom. The van der Waals surface area contributed by atoms with E-state index in [1.807, 2.05) is 20.3 Å². The van der Waals surface area contributed by atoms with E-state index in [4.69, 9.17) is 5.73 Å². The molecule has 0 amide bonds. The molecule has 0 aliphatic carbocycles. The topological polar surface area (TPSA) is 45.4 Å². The minimum Gasteiger partial charge on any atom is -0.354 e. The molecule has 1 atom stereocenters. The summed E-state index contributed by atoms with van der Waals surface area (Å²) in [6.45, 7) is 7.70. The van der Waals surface area contributed by atoms with Gasteiger partial charge in [0.05, 0.1) is 0 Å². The number of rotatable bonds is 3. The Labute approximate surface area is 114 Å². The van der Waals surface area contributed by atoms with Crippen molar-refractivity contribution >= 4 is 16.5 Å². The van der Waals surface area contributed by atoms with E-state index in [1.165, 1.54) is 4.88 Å². The molecule has 2 heterocycles. The molecule has 1 aliphatic rings. The average molecular weight is 268 g/mol. The quantitative estimate of drug-likeness (QED) is 0.907. The van der Waals surface area contributed by atoms with Gasteiger partial charge >= 0.3 is 0 Å². The molecule has 0 saturated carbocycles. The lowest BCUT2D eigenvalue weighted by Gasteiger charge is -2.42. The van der Waals surface area contributed by atoms with Crippen molar-refractivity contribution in [3.8, 4) is 0 Å². The third kappa shape index (κ3) is 3.02. The van der Waals surface area contributed by atoms with Crippen LogP contribution in [0.4, 0.5) is 5.13 Å². The predicted molar refractivity (Wildman–Crippen MR) is 78.1 cm³/mol. The van der Waals surface area contributed by atoms with Gasteiger partial charge in [-0.25, -0.2) is 4.98 Å². The SMILES string of the molecule is CN(C)c1ncc(CN2CCC(N)C(C)(C)C2)s1. The molecule has 0 aromatic carbocycles. The summed E-state index contributed by atoms with van der Waals surface area (Å²) in [7, 11) is 4.07. The first kappa shape index (κ1) is 13.8. The second-order valence-electron chi connectivity index (χ2n) is 6.10. The minimum absolute atomic E-state index is 0.216. The lowest BCUT2D eigenvalue weighted by molar-refractivity contribution is 0.0906. The van der Waals surface area contributed by atoms with Crippen LogP contribution in [0.2, 0.25) is 0 Å². The molecule has 2 rings (SSSR count). The maximum atomic E-state index is 6.17. The van der Waals surface area contributed by atoms with Gasteiger partial charge in [-0.05, 0) is 11.8 Å². The molecular weight excluding hydrogens is 244 g/mol. The molecule has 0 bridgehead atoms. The van der Waals surface area contributed by atoms with Crippen LogP contribution in [0.3, 0.4) is 0 Å². The molecule has 1 aromatic heterocycles. The zero-order chi connectivity index (χ0) is 13.3. The monoisotopic (exact) mass is 268 g/mol. The van der Waals surface area contributed by atoms with E-state index in [-0.39, 0.29) is 5.41 Å². The van der Waals surface area contributed by atoms with Gasteiger partial charge in [0.1, 0.15) is 0 Å². The van der Waals surface area contributed by atoms with Crippen LogP contribution < -0.4 is 10.6 Å². The van der Waals surface area contributed by atoms with E-state index in [0.717, 1.165) is 31.2 Å². The summed E-state index contributed by atoms with van der Waals surface area (Å²) < 4.78 is 0. The number of nitrogens with zero attached hydrogens (tertiary/aromatic N) is 3. The van der Waals surface area contributed by atoms with Gasteiger partial charge in [-0.2, -0.15) is 0 Å². The molecule has 4 nitrogen and oxygen atoms in total. The molecule has 0 radical (unpaired) electrons. The first-order valence-corrected chi connectivity index (χ1v) is 7.30. The van der Waals surface area contributed by atoms with Gasteiger partial charge in [0.15, 0.2) is 5.13 Å². The number of hydrogen-bond acceptors (Lipinski definition) is 5. The highest BCUT2D eigenvalue weighted by molar-refractivity contribution is 7.15. The Bertz CT molecular complexity index is 399. The fourth-order valence-corrected chi connectivity index (χ4v) is 3.29. The summed E-state index contributed by atoms with van der Waals surface area (Å²) in [5, 5.41) is 1.08. The van der Waals surface area contributed by atoms with Crippen molar-refractivity contribution in [2.45, 2.75) is 32.9 Å². The smallest absolute Gasteiger partial charge is 0.185 e. The molecule has 102 valence electrons. The molecule has 18 heavy (non-hydrogen) atoms. The third-order valence-corrected chi connectivity index (χ3v) is 4.84. The second-order valence-corrected chi connectivity index (χ2v) is 7.19. The Balaban J connectivity index is 1.97. The van der Waals surface area contributed by atoms with Gasteiger partial charge in [0, 0.05) is 50.8 Å². The maximum Gasteiger partial charge on any atom is 0.185 e. The summed E-state index contributed by atoms with van der Waals surface area (Å²) in [6, 6.07) is 0.326. The summed E-state index contributed by atoms with van der Waals surface area (Å²) in [5.41, 5.74) is 6.38. The minimum atomic E-state index is 0.216. The van der Waals surface area contributed by atoms with Crippen LogP contribution in [0.15, 0.2) is 6.20 Å². The number of piperidine rings is 1. The highest BCUT2D eigenvalue weighted by Crippen LogP contribution is 2.30. The first-order chi connectivity index (χ1) is 8.38. The van der Waals surface area contributed by atoms with E-state index in [0.29, 0.717) is 6.04 Å². The van der Waals surface area contributed by atoms with Crippen LogP contribution in [0, 0.1) is 5.41 Å². The van der Waals surface area contributed by atoms with E-state index in [9.17, 15) is 0 Å². The fourth-order valence-electron chi connectivity index (χ4n) is 2.42. The fraction of sp³-hybridized carbons (Fsp3) is 0.769. The van der Waals surface area contributed by atoms with Gasteiger partial charge in [-0.3, -0.25) is 4.90 Å². The number of hydrogen-bond donors (Lipinski definition) is 1. The molecular formula is C13H24N4S. The average Bonchev–Trinajstić information content (AvgIpc) is 2.72. The van der Waals surface area contributed by atoms with Gasteiger partial charge < -0.3 is 10.6 Å². The largest absolute Gasteiger partial charge is 0.354 e. The van der Waals surface area contributed by atoms with Crippen LogP contribution in [0.1, 0.15) is 25.1 Å². The summed E-state index contributed by atoms with van der Waals surface area (Å²) >= 11 is 1.78.